The zero-order valence-corrected chi connectivity index (χ0v) is 37.7. The van der Waals surface area contributed by atoms with Gasteiger partial charge < -0.3 is 34.3 Å². The fourth-order valence-corrected chi connectivity index (χ4v) is 8.93. The van der Waals surface area contributed by atoms with E-state index in [-0.39, 0.29) is 40.1 Å². The minimum atomic E-state index is -2.85. The highest BCUT2D eigenvalue weighted by molar-refractivity contribution is 7.62. The first-order chi connectivity index (χ1) is 30.3. The number of rotatable bonds is 14. The first kappa shape index (κ1) is 44.9. The first-order valence-corrected chi connectivity index (χ1v) is 22.2. The molecule has 0 aliphatic heterocycles. The van der Waals surface area contributed by atoms with Crippen LogP contribution in [0.2, 0.25) is 0 Å². The van der Waals surface area contributed by atoms with Crippen LogP contribution in [0.15, 0.2) is 152 Å². The van der Waals surface area contributed by atoms with Crippen molar-refractivity contribution in [3.63, 3.8) is 0 Å². The lowest BCUT2D eigenvalue weighted by atomic mass is 9.91. The second kappa shape index (κ2) is 17.9. The van der Waals surface area contributed by atoms with Gasteiger partial charge in [-0.3, -0.25) is 14.4 Å². The highest BCUT2D eigenvalue weighted by Gasteiger charge is 2.35. The number of phenols is 2. The molecule has 7 rings (SSSR count). The van der Waals surface area contributed by atoms with Crippen molar-refractivity contribution in [3.8, 4) is 39.9 Å². The Morgan fingerprint density at radius 2 is 1.11 bits per heavy atom. The van der Waals surface area contributed by atoms with Crippen molar-refractivity contribution in [2.45, 2.75) is 65.3 Å². The van der Waals surface area contributed by atoms with Crippen LogP contribution in [0.25, 0.3) is 21.9 Å². The molecule has 0 radical (unpaired) electrons. The highest BCUT2D eigenvalue weighted by Crippen LogP contribution is 2.37. The van der Waals surface area contributed by atoms with Crippen molar-refractivity contribution in [1.82, 2.24) is 0 Å². The predicted octanol–water partition coefficient (Wildman–Crippen LogP) is 10.9. The quantitative estimate of drug-likeness (QED) is 0.0717. The Kier molecular flexibility index (Phi) is 12.6. The molecule has 0 aromatic heterocycles. The molecule has 64 heavy (non-hydrogen) atoms. The van der Waals surface area contributed by atoms with E-state index in [2.05, 4.69) is 5.32 Å². The molecule has 326 valence electrons. The van der Waals surface area contributed by atoms with Crippen molar-refractivity contribution in [2.24, 2.45) is 0 Å². The van der Waals surface area contributed by atoms with Crippen LogP contribution in [0.3, 0.4) is 0 Å². The lowest BCUT2D eigenvalue weighted by Crippen LogP contribution is -2.40. The second-order valence-electron chi connectivity index (χ2n) is 17.5. The van der Waals surface area contributed by atoms with Gasteiger partial charge in [-0.15, -0.1) is 0 Å². The second-order valence-corrected chi connectivity index (χ2v) is 19.2. The Hall–Kier alpha value is -7.16. The molecule has 0 fully saturated rings. The number of hydrogen-bond donors (Lipinski definition) is 3. The van der Waals surface area contributed by atoms with Crippen LogP contribution < -0.4 is 30.1 Å². The number of fused-ring (bicyclic) bond motifs is 1. The van der Waals surface area contributed by atoms with E-state index in [1.165, 1.54) is 6.07 Å². The topological polar surface area (TPSA) is 148 Å². The third-order valence-corrected chi connectivity index (χ3v) is 12.2. The molecule has 0 heterocycles. The zero-order chi connectivity index (χ0) is 46.0. The molecule has 0 bridgehead atoms. The molecule has 0 aliphatic rings. The highest BCUT2D eigenvalue weighted by atomic mass is 31.1. The van der Waals surface area contributed by atoms with E-state index in [4.69, 9.17) is 14.2 Å². The maximum Gasteiger partial charge on any atom is 0.255 e. The number of ether oxygens (including phenoxy) is 3. The summed E-state index contributed by atoms with van der Waals surface area (Å²) in [7, 11) is -2.85. The lowest BCUT2D eigenvalue weighted by molar-refractivity contribution is 0.0579. The summed E-state index contributed by atoms with van der Waals surface area (Å²) >= 11 is 0. The largest absolute Gasteiger partial charge is 0.508 e. The van der Waals surface area contributed by atoms with Crippen molar-refractivity contribution in [2.75, 3.05) is 5.32 Å². The summed E-state index contributed by atoms with van der Waals surface area (Å²) in [5.41, 5.74) is -0.838. The number of nitrogens with one attached hydrogen (secondary N) is 1. The van der Waals surface area contributed by atoms with Gasteiger partial charge in [-0.2, -0.15) is 0 Å². The first-order valence-electron chi connectivity index (χ1n) is 20.7. The van der Waals surface area contributed by atoms with Crippen LogP contribution in [0.5, 0.6) is 28.7 Å². The number of anilines is 1. The van der Waals surface area contributed by atoms with Gasteiger partial charge in [-0.1, -0.05) is 72.8 Å². The number of aromatic hydroxyl groups is 2. The van der Waals surface area contributed by atoms with Gasteiger partial charge in [-0.25, -0.2) is 0 Å². The molecule has 7 aromatic rings. The molecule has 1 atom stereocenters. The van der Waals surface area contributed by atoms with Gasteiger partial charge in [0.05, 0.1) is 5.30 Å². The van der Waals surface area contributed by atoms with Gasteiger partial charge in [-0.05, 0) is 144 Å². The Morgan fingerprint density at radius 1 is 0.516 bits per heavy atom. The van der Waals surface area contributed by atoms with E-state index in [1.807, 2.05) is 26.8 Å². The molecule has 1 unspecified atom stereocenters. The van der Waals surface area contributed by atoms with Gasteiger partial charge in [0.1, 0.15) is 42.1 Å². The van der Waals surface area contributed by atoms with E-state index >= 15 is 0 Å². The average molecular weight is 876 g/mol. The zero-order valence-electron chi connectivity index (χ0n) is 36.7. The fourth-order valence-electron chi connectivity index (χ4n) is 7.30. The fraction of sp³-hybridized carbons (Fsp3) is 0.189. The third-order valence-electron chi connectivity index (χ3n) is 10.4. The van der Waals surface area contributed by atoms with E-state index in [1.54, 1.807) is 167 Å². The van der Waals surface area contributed by atoms with Crippen molar-refractivity contribution in [1.29, 1.82) is 0 Å². The maximum absolute atomic E-state index is 14.7. The monoisotopic (exact) mass is 875 g/mol. The number of phenolic OH excluding ortho intramolecular Hbond substituents is 2. The molecule has 0 saturated heterocycles. The minimum Gasteiger partial charge on any atom is -0.508 e. The van der Waals surface area contributed by atoms with E-state index in [0.29, 0.717) is 44.5 Å². The van der Waals surface area contributed by atoms with Crippen molar-refractivity contribution in [3.05, 3.63) is 168 Å². The summed E-state index contributed by atoms with van der Waals surface area (Å²) in [6.45, 7) is 12.2. The van der Waals surface area contributed by atoms with Crippen LogP contribution in [0.1, 0.15) is 79.5 Å². The van der Waals surface area contributed by atoms with Gasteiger partial charge >= 0.3 is 0 Å². The Balaban J connectivity index is 1.08. The summed E-state index contributed by atoms with van der Waals surface area (Å²) in [5.74, 6) is 0.171. The lowest BCUT2D eigenvalue weighted by Gasteiger charge is -2.28. The van der Waals surface area contributed by atoms with Crippen LogP contribution in [-0.4, -0.2) is 44.5 Å². The van der Waals surface area contributed by atoms with Crippen LogP contribution in [0, 0.1) is 0 Å². The Morgan fingerprint density at radius 3 is 1.78 bits per heavy atom. The Labute approximate surface area is 373 Å². The predicted molar refractivity (Wildman–Crippen MR) is 253 cm³/mol. The van der Waals surface area contributed by atoms with Crippen molar-refractivity contribution < 1.29 is 43.4 Å². The summed E-state index contributed by atoms with van der Waals surface area (Å²) in [4.78, 5) is 41.4. The molecular formula is C53H50NO9P. The van der Waals surface area contributed by atoms with E-state index in [0.717, 1.165) is 10.8 Å². The summed E-state index contributed by atoms with van der Waals surface area (Å²) in [6, 6.07) is 42.2. The maximum atomic E-state index is 14.7. The number of Topliss-reactive ketones (excluding diaryl/α,β-unsaturated/α-hetero) is 2. The van der Waals surface area contributed by atoms with Crippen LogP contribution in [0.4, 0.5) is 5.69 Å². The molecular weight excluding hydrogens is 826 g/mol. The number of hydrogen-bond acceptors (Lipinski definition) is 9. The molecule has 1 amide bonds. The summed E-state index contributed by atoms with van der Waals surface area (Å²) in [6.07, 6.45) is 0. The number of carbonyl (C=O) groups is 3. The standard InChI is InChI=1S/C53H50NO9P/c1-51(2,3)61-41-27-28-45(47(32-41)64(60)46-18-11-9-16-43(46)42-15-8-10-17-44(42)56)63-53(6,7)49(58)36-14-12-13-35(30-36)48(57)52(4,5)62-40-25-22-38(23-26-40)54-50(59)37-20-19-34-31-39(55)24-21-33(34)29-37/h8-32,55-56,64H,1-7H3,(H,54,59). The molecule has 7 aromatic carbocycles. The number of benzene rings is 7. The van der Waals surface area contributed by atoms with Gasteiger partial charge in [0.25, 0.3) is 5.91 Å². The number of ketones is 2. The normalized spacial score (nSPS) is 12.3. The number of amides is 1. The number of carbonyl (C=O) groups excluding carboxylic acids is 3. The van der Waals surface area contributed by atoms with Crippen LogP contribution in [-0.2, 0) is 4.57 Å². The molecule has 3 N–H and O–H groups in total. The molecule has 11 heteroatoms. The van der Waals surface area contributed by atoms with Crippen LogP contribution >= 0.6 is 7.80 Å². The molecule has 10 nitrogen and oxygen atoms in total. The van der Waals surface area contributed by atoms with E-state index < -0.39 is 30.4 Å². The minimum absolute atomic E-state index is 0.0487. The SMILES string of the molecule is CC(C)(C)Oc1ccc(OC(C)(C)C(=O)c2cccc(C(=O)C(C)(C)Oc3ccc(NC(=O)c4ccc5cc(O)ccc5c4)cc3)c2)c([PH](=O)c2ccccc2-c2ccccc2O)c1. The summed E-state index contributed by atoms with van der Waals surface area (Å²) < 4.78 is 33.6. The molecule has 0 saturated carbocycles. The number of para-hydroxylation sites is 1. The molecule has 0 aliphatic carbocycles. The third kappa shape index (κ3) is 10.2. The summed E-state index contributed by atoms with van der Waals surface area (Å²) in [5, 5.41) is 25.8. The van der Waals surface area contributed by atoms with Gasteiger partial charge in [0.15, 0.2) is 11.2 Å². The van der Waals surface area contributed by atoms with Crippen molar-refractivity contribution >= 4 is 52.3 Å². The van der Waals surface area contributed by atoms with Gasteiger partial charge in [0, 0.05) is 33.2 Å². The average Bonchev–Trinajstić information content (AvgIpc) is 3.26. The smallest absolute Gasteiger partial charge is 0.255 e. The molecule has 0 spiro atoms. The Bertz CT molecular complexity index is 2930. The van der Waals surface area contributed by atoms with E-state index in [9.17, 15) is 29.2 Å². The van der Waals surface area contributed by atoms with Gasteiger partial charge in [0.2, 0.25) is 11.6 Å².